The number of nitrogens with one attached hydrogen (secondary N) is 1. The number of anilines is 1. The van der Waals surface area contributed by atoms with E-state index >= 15 is 0 Å². The highest BCUT2D eigenvalue weighted by molar-refractivity contribution is 5.55. The Labute approximate surface area is 158 Å². The quantitative estimate of drug-likeness (QED) is 0.694. The summed E-state index contributed by atoms with van der Waals surface area (Å²) in [5, 5.41) is 2.91. The normalized spacial score (nSPS) is 12.3. The number of para-hydroxylation sites is 1. The molecule has 2 aromatic rings. The molecule has 0 atom stereocenters. The van der Waals surface area contributed by atoms with Crippen molar-refractivity contribution in [2.45, 2.75) is 40.5 Å². The van der Waals surface area contributed by atoms with Gasteiger partial charge in [-0.05, 0) is 47.9 Å². The Morgan fingerprint density at radius 3 is 1.92 bits per heavy atom. The van der Waals surface area contributed by atoms with Crippen LogP contribution >= 0.6 is 0 Å². The summed E-state index contributed by atoms with van der Waals surface area (Å²) < 4.78 is 0. The lowest BCUT2D eigenvalue weighted by Crippen LogP contribution is -2.23. The molecule has 0 aliphatic heterocycles. The number of hydrogen-bond acceptors (Lipinski definition) is 3. The Hall–Kier alpha value is -2.13. The molecule has 0 fully saturated rings. The zero-order valence-electron chi connectivity index (χ0n) is 17.1. The minimum atomic E-state index is 0.601. The Balaban J connectivity index is 2.67. The molecule has 0 bridgehead atoms. The van der Waals surface area contributed by atoms with Gasteiger partial charge in [0.15, 0.2) is 0 Å². The molecule has 0 amide bonds. The van der Waals surface area contributed by atoms with Gasteiger partial charge in [0.05, 0.1) is 16.7 Å². The van der Waals surface area contributed by atoms with E-state index in [1.165, 1.54) is 11.1 Å². The molecule has 0 aliphatic carbocycles. The SMILES string of the molecule is CC(C)Cc1cccc(CC(C)C)c1N=c1cccccc1NN(C)C. The van der Waals surface area contributed by atoms with Gasteiger partial charge in [-0.1, -0.05) is 64.1 Å². The molecule has 0 aliphatic rings. The van der Waals surface area contributed by atoms with Crippen LogP contribution in [0.3, 0.4) is 0 Å². The molecule has 0 heterocycles. The number of nitrogens with zero attached hydrogens (tertiary/aromatic N) is 2. The number of benzene rings is 1. The van der Waals surface area contributed by atoms with Crippen LogP contribution in [0, 0.1) is 11.8 Å². The van der Waals surface area contributed by atoms with E-state index in [1.807, 2.05) is 37.3 Å². The van der Waals surface area contributed by atoms with Gasteiger partial charge in [-0.15, -0.1) is 0 Å². The van der Waals surface area contributed by atoms with Gasteiger partial charge in [0.1, 0.15) is 0 Å². The minimum Gasteiger partial charge on any atom is -0.317 e. The van der Waals surface area contributed by atoms with Crippen LogP contribution < -0.4 is 10.8 Å². The van der Waals surface area contributed by atoms with Crippen LogP contribution in [-0.2, 0) is 12.8 Å². The van der Waals surface area contributed by atoms with E-state index in [1.54, 1.807) is 0 Å². The lowest BCUT2D eigenvalue weighted by atomic mass is 9.94. The standard InChI is InChI=1S/C23H33N3/c1-17(2)15-19-11-10-12-20(16-18(3)4)23(19)24-21-13-8-7-9-14-22(21)25-26(5)6/h7-14,17-18H,15-16H2,1-6H3,(H,24,25). The fourth-order valence-corrected chi connectivity index (χ4v) is 3.09. The molecule has 0 radical (unpaired) electrons. The first-order valence-electron chi connectivity index (χ1n) is 9.55. The maximum absolute atomic E-state index is 5.15. The van der Waals surface area contributed by atoms with Crippen molar-refractivity contribution in [3.8, 4) is 0 Å². The predicted molar refractivity (Wildman–Crippen MR) is 113 cm³/mol. The fourth-order valence-electron chi connectivity index (χ4n) is 3.09. The van der Waals surface area contributed by atoms with Crippen LogP contribution in [0.2, 0.25) is 0 Å². The largest absolute Gasteiger partial charge is 0.317 e. The number of hydrogen-bond donors (Lipinski definition) is 1. The second kappa shape index (κ2) is 9.54. The molecule has 3 nitrogen and oxygen atoms in total. The molecule has 2 aromatic carbocycles. The van der Waals surface area contributed by atoms with Gasteiger partial charge < -0.3 is 5.43 Å². The van der Waals surface area contributed by atoms with E-state index in [0.717, 1.165) is 29.6 Å². The summed E-state index contributed by atoms with van der Waals surface area (Å²) in [4.78, 5) is 5.15. The average Bonchev–Trinajstić information content (AvgIpc) is 2.74. The number of rotatable bonds is 7. The molecular weight excluding hydrogens is 318 g/mol. The Bertz CT molecular complexity index is 748. The average molecular weight is 352 g/mol. The van der Waals surface area contributed by atoms with E-state index in [4.69, 9.17) is 4.99 Å². The lowest BCUT2D eigenvalue weighted by Gasteiger charge is -2.16. The molecule has 3 heteroatoms. The van der Waals surface area contributed by atoms with E-state index in [0.29, 0.717) is 11.8 Å². The molecule has 0 saturated carbocycles. The summed E-state index contributed by atoms with van der Waals surface area (Å²) >= 11 is 0. The fraction of sp³-hybridized carbons (Fsp3) is 0.435. The highest BCUT2D eigenvalue weighted by atomic mass is 15.5. The summed E-state index contributed by atoms with van der Waals surface area (Å²) in [6.07, 6.45) is 2.08. The lowest BCUT2D eigenvalue weighted by molar-refractivity contribution is 0.494. The Kier molecular flexibility index (Phi) is 7.40. The van der Waals surface area contributed by atoms with E-state index < -0.39 is 0 Å². The maximum atomic E-state index is 5.15. The first-order chi connectivity index (χ1) is 12.4. The molecule has 0 aromatic heterocycles. The monoisotopic (exact) mass is 351 g/mol. The summed E-state index contributed by atoms with van der Waals surface area (Å²) in [5.41, 5.74) is 8.19. The second-order valence-electron chi connectivity index (χ2n) is 7.95. The van der Waals surface area contributed by atoms with Crippen molar-refractivity contribution in [3.63, 3.8) is 0 Å². The summed E-state index contributed by atoms with van der Waals surface area (Å²) in [6.45, 7) is 9.06. The van der Waals surface area contributed by atoms with Gasteiger partial charge >= 0.3 is 0 Å². The molecule has 140 valence electrons. The van der Waals surface area contributed by atoms with Crippen LogP contribution in [0.1, 0.15) is 38.8 Å². The van der Waals surface area contributed by atoms with Gasteiger partial charge in [0.2, 0.25) is 0 Å². The predicted octanol–water partition coefficient (Wildman–Crippen LogP) is 5.20. The molecular formula is C23H33N3. The third-order valence-corrected chi connectivity index (χ3v) is 4.05. The smallest absolute Gasteiger partial charge is 0.0881 e. The van der Waals surface area contributed by atoms with E-state index in [-0.39, 0.29) is 0 Å². The van der Waals surface area contributed by atoms with Crippen molar-refractivity contribution in [1.29, 1.82) is 0 Å². The van der Waals surface area contributed by atoms with Crippen molar-refractivity contribution in [3.05, 3.63) is 65.0 Å². The maximum Gasteiger partial charge on any atom is 0.0881 e. The Morgan fingerprint density at radius 1 is 0.808 bits per heavy atom. The van der Waals surface area contributed by atoms with Gasteiger partial charge in [-0.25, -0.2) is 10.0 Å². The first-order valence-corrected chi connectivity index (χ1v) is 9.55. The van der Waals surface area contributed by atoms with Crippen LogP contribution in [-0.4, -0.2) is 19.1 Å². The molecule has 0 spiro atoms. The van der Waals surface area contributed by atoms with Gasteiger partial charge in [-0.2, -0.15) is 0 Å². The molecule has 1 N–H and O–H groups in total. The molecule has 0 unspecified atom stereocenters. The highest BCUT2D eigenvalue weighted by Crippen LogP contribution is 2.28. The van der Waals surface area contributed by atoms with Crippen LogP contribution in [0.15, 0.2) is 53.5 Å². The summed E-state index contributed by atoms with van der Waals surface area (Å²) in [5.74, 6) is 1.20. The van der Waals surface area contributed by atoms with Crippen molar-refractivity contribution in [1.82, 2.24) is 5.01 Å². The molecule has 0 saturated heterocycles. The van der Waals surface area contributed by atoms with E-state index in [9.17, 15) is 0 Å². The number of hydrazine groups is 1. The molecule has 26 heavy (non-hydrogen) atoms. The van der Waals surface area contributed by atoms with Crippen LogP contribution in [0.25, 0.3) is 0 Å². The molecule has 2 rings (SSSR count). The third-order valence-electron chi connectivity index (χ3n) is 4.05. The van der Waals surface area contributed by atoms with Crippen LogP contribution in [0.5, 0.6) is 0 Å². The third kappa shape index (κ3) is 5.99. The van der Waals surface area contributed by atoms with E-state index in [2.05, 4.69) is 63.5 Å². The van der Waals surface area contributed by atoms with Gasteiger partial charge in [-0.3, -0.25) is 0 Å². The minimum absolute atomic E-state index is 0.601. The van der Waals surface area contributed by atoms with Crippen molar-refractivity contribution < 1.29 is 0 Å². The zero-order chi connectivity index (χ0) is 19.1. The first kappa shape index (κ1) is 20.2. The summed E-state index contributed by atoms with van der Waals surface area (Å²) in [7, 11) is 3.99. The topological polar surface area (TPSA) is 27.6 Å². The van der Waals surface area contributed by atoms with Crippen molar-refractivity contribution in [2.24, 2.45) is 16.8 Å². The summed E-state index contributed by atoms with van der Waals surface area (Å²) in [6, 6.07) is 16.9. The zero-order valence-corrected chi connectivity index (χ0v) is 17.1. The highest BCUT2D eigenvalue weighted by Gasteiger charge is 2.11. The van der Waals surface area contributed by atoms with Crippen molar-refractivity contribution in [2.75, 3.05) is 19.5 Å². The Morgan fingerprint density at radius 2 is 1.38 bits per heavy atom. The second-order valence-corrected chi connectivity index (χ2v) is 7.95. The van der Waals surface area contributed by atoms with Crippen molar-refractivity contribution >= 4 is 11.4 Å². The van der Waals surface area contributed by atoms with Gasteiger partial charge in [0, 0.05) is 14.1 Å². The van der Waals surface area contributed by atoms with Gasteiger partial charge in [0.25, 0.3) is 0 Å². The van der Waals surface area contributed by atoms with Crippen LogP contribution in [0.4, 0.5) is 11.4 Å².